The number of hydrogen-bond donors (Lipinski definition) is 3. The van der Waals surface area contributed by atoms with Crippen molar-refractivity contribution in [3.8, 4) is 0 Å². The van der Waals surface area contributed by atoms with Gasteiger partial charge in [-0.15, -0.1) is 0 Å². The minimum absolute atomic E-state index is 0.0328. The zero-order valence-corrected chi connectivity index (χ0v) is 14.7. The predicted molar refractivity (Wildman–Crippen MR) is 89.9 cm³/mol. The predicted octanol–water partition coefficient (Wildman–Crippen LogP) is 3.18. The number of nitrogens with one attached hydrogen (secondary N) is 3. The number of urea groups is 1. The number of carbonyl (C=O) groups is 1. The molecule has 0 aromatic carbocycles. The molecule has 0 aromatic heterocycles. The standard InChI is InChI=1S/C18H33N3O/c1-16(2)10-14(11-17(3,4)21-16)20-15(22)19-12-18(8-5-9-18)13-6-7-13/h13-14,21H,5-12H2,1-4H3,(H2,19,20,22). The van der Waals surface area contributed by atoms with Gasteiger partial charge in [-0.25, -0.2) is 4.79 Å². The molecule has 0 unspecified atom stereocenters. The van der Waals surface area contributed by atoms with Crippen molar-refractivity contribution in [2.45, 2.75) is 89.8 Å². The van der Waals surface area contributed by atoms with E-state index in [0.29, 0.717) is 5.41 Å². The first-order valence-corrected chi connectivity index (χ1v) is 9.04. The zero-order chi connectivity index (χ0) is 16.0. The Balaban J connectivity index is 1.49. The molecule has 2 amide bonds. The second kappa shape index (κ2) is 5.40. The Hall–Kier alpha value is -0.770. The molecule has 2 aliphatic carbocycles. The summed E-state index contributed by atoms with van der Waals surface area (Å²) in [5, 5.41) is 10.1. The van der Waals surface area contributed by atoms with Crippen molar-refractivity contribution in [2.24, 2.45) is 11.3 Å². The maximum Gasteiger partial charge on any atom is 0.315 e. The Morgan fingerprint density at radius 1 is 1.09 bits per heavy atom. The van der Waals surface area contributed by atoms with Crippen LogP contribution in [0.25, 0.3) is 0 Å². The summed E-state index contributed by atoms with van der Waals surface area (Å²) in [5.74, 6) is 0.887. The summed E-state index contributed by atoms with van der Waals surface area (Å²) in [7, 11) is 0. The Kier molecular flexibility index (Phi) is 3.95. The van der Waals surface area contributed by atoms with Gasteiger partial charge < -0.3 is 16.0 Å². The largest absolute Gasteiger partial charge is 0.338 e. The van der Waals surface area contributed by atoms with Crippen LogP contribution in [0.4, 0.5) is 4.79 Å². The Morgan fingerprint density at radius 2 is 1.68 bits per heavy atom. The van der Waals surface area contributed by atoms with Crippen molar-refractivity contribution < 1.29 is 4.79 Å². The van der Waals surface area contributed by atoms with Crippen LogP contribution in [0.15, 0.2) is 0 Å². The van der Waals surface area contributed by atoms with E-state index in [1.54, 1.807) is 0 Å². The zero-order valence-electron chi connectivity index (χ0n) is 14.7. The minimum Gasteiger partial charge on any atom is -0.338 e. The van der Waals surface area contributed by atoms with Gasteiger partial charge in [0, 0.05) is 23.7 Å². The number of carbonyl (C=O) groups excluding carboxylic acids is 1. The van der Waals surface area contributed by atoms with Gasteiger partial charge in [0.1, 0.15) is 0 Å². The molecule has 1 aliphatic heterocycles. The highest BCUT2D eigenvalue weighted by Gasteiger charge is 2.49. The van der Waals surface area contributed by atoms with Gasteiger partial charge in [-0.2, -0.15) is 0 Å². The highest BCUT2D eigenvalue weighted by Crippen LogP contribution is 2.56. The van der Waals surface area contributed by atoms with Crippen LogP contribution in [-0.4, -0.2) is 29.7 Å². The van der Waals surface area contributed by atoms with Gasteiger partial charge in [0.15, 0.2) is 0 Å². The van der Waals surface area contributed by atoms with E-state index in [1.165, 1.54) is 32.1 Å². The van der Waals surface area contributed by atoms with E-state index >= 15 is 0 Å². The Morgan fingerprint density at radius 3 is 2.14 bits per heavy atom. The summed E-state index contributed by atoms with van der Waals surface area (Å²) in [6.45, 7) is 9.75. The molecule has 4 nitrogen and oxygen atoms in total. The molecular formula is C18H33N3O. The molecule has 3 aliphatic rings. The number of piperidine rings is 1. The van der Waals surface area contributed by atoms with Crippen LogP contribution in [0.3, 0.4) is 0 Å². The normalized spacial score (nSPS) is 29.5. The Bertz CT molecular complexity index is 420. The highest BCUT2D eigenvalue weighted by atomic mass is 16.2. The fourth-order valence-corrected chi connectivity index (χ4v) is 4.97. The molecule has 0 bridgehead atoms. The molecule has 22 heavy (non-hydrogen) atoms. The summed E-state index contributed by atoms with van der Waals surface area (Å²) >= 11 is 0. The van der Waals surface area contributed by atoms with E-state index in [4.69, 9.17) is 0 Å². The van der Waals surface area contributed by atoms with Crippen LogP contribution in [0.5, 0.6) is 0 Å². The lowest BCUT2D eigenvalue weighted by molar-refractivity contribution is 0.0999. The maximum atomic E-state index is 12.3. The van der Waals surface area contributed by atoms with Crippen molar-refractivity contribution in [1.82, 2.24) is 16.0 Å². The van der Waals surface area contributed by atoms with Crippen LogP contribution in [0, 0.1) is 11.3 Å². The molecule has 2 saturated carbocycles. The van der Waals surface area contributed by atoms with Crippen molar-refractivity contribution in [3.63, 3.8) is 0 Å². The molecule has 4 heteroatoms. The topological polar surface area (TPSA) is 53.2 Å². The highest BCUT2D eigenvalue weighted by molar-refractivity contribution is 5.74. The smallest absolute Gasteiger partial charge is 0.315 e. The summed E-state index contributed by atoms with van der Waals surface area (Å²) in [6.07, 6.45) is 8.68. The lowest BCUT2D eigenvalue weighted by atomic mass is 9.65. The van der Waals surface area contributed by atoms with Gasteiger partial charge >= 0.3 is 6.03 Å². The van der Waals surface area contributed by atoms with Crippen LogP contribution < -0.4 is 16.0 Å². The molecule has 0 radical (unpaired) electrons. The van der Waals surface area contributed by atoms with Gasteiger partial charge in [0.05, 0.1) is 0 Å². The van der Waals surface area contributed by atoms with E-state index in [0.717, 1.165) is 25.3 Å². The summed E-state index contributed by atoms with van der Waals surface area (Å²) in [5.41, 5.74) is 0.593. The third kappa shape index (κ3) is 3.58. The average molecular weight is 307 g/mol. The molecule has 3 fully saturated rings. The summed E-state index contributed by atoms with van der Waals surface area (Å²) < 4.78 is 0. The van der Waals surface area contributed by atoms with Crippen molar-refractivity contribution in [3.05, 3.63) is 0 Å². The van der Waals surface area contributed by atoms with E-state index < -0.39 is 0 Å². The molecule has 1 saturated heterocycles. The first kappa shape index (κ1) is 16.1. The van der Waals surface area contributed by atoms with Crippen molar-refractivity contribution in [1.29, 1.82) is 0 Å². The van der Waals surface area contributed by atoms with Crippen molar-refractivity contribution >= 4 is 6.03 Å². The minimum atomic E-state index is 0.0328. The molecule has 3 rings (SSSR count). The molecular weight excluding hydrogens is 274 g/mol. The molecule has 0 aromatic rings. The Labute approximate surface area is 135 Å². The van der Waals surface area contributed by atoms with Gasteiger partial charge in [-0.1, -0.05) is 6.42 Å². The molecule has 126 valence electrons. The third-order valence-corrected chi connectivity index (χ3v) is 5.92. The monoisotopic (exact) mass is 307 g/mol. The summed E-state index contributed by atoms with van der Waals surface area (Å²) in [4.78, 5) is 12.3. The number of amides is 2. The van der Waals surface area contributed by atoms with E-state index in [9.17, 15) is 4.79 Å². The quantitative estimate of drug-likeness (QED) is 0.747. The van der Waals surface area contributed by atoms with E-state index in [1.807, 2.05) is 0 Å². The van der Waals surface area contributed by atoms with Crippen LogP contribution in [0.1, 0.15) is 72.6 Å². The second-order valence-corrected chi connectivity index (χ2v) is 9.32. The SMILES string of the molecule is CC1(C)CC(NC(=O)NCC2(C3CC3)CCC2)CC(C)(C)N1. The molecule has 3 N–H and O–H groups in total. The molecule has 1 heterocycles. The lowest BCUT2D eigenvalue weighted by Gasteiger charge is -2.47. The average Bonchev–Trinajstić information content (AvgIpc) is 3.07. The lowest BCUT2D eigenvalue weighted by Crippen LogP contribution is -2.63. The third-order valence-electron chi connectivity index (χ3n) is 5.92. The maximum absolute atomic E-state index is 12.3. The van der Waals surface area contributed by atoms with Gasteiger partial charge in [-0.05, 0) is 77.6 Å². The molecule has 0 atom stereocenters. The summed E-state index contributed by atoms with van der Waals surface area (Å²) in [6, 6.07) is 0.287. The first-order valence-electron chi connectivity index (χ1n) is 9.04. The fraction of sp³-hybridized carbons (Fsp3) is 0.944. The van der Waals surface area contributed by atoms with E-state index in [-0.39, 0.29) is 23.2 Å². The fourth-order valence-electron chi connectivity index (χ4n) is 4.97. The van der Waals surface area contributed by atoms with Gasteiger partial charge in [0.25, 0.3) is 0 Å². The van der Waals surface area contributed by atoms with Crippen molar-refractivity contribution in [2.75, 3.05) is 6.54 Å². The number of hydrogen-bond acceptors (Lipinski definition) is 2. The van der Waals surface area contributed by atoms with Crippen LogP contribution >= 0.6 is 0 Å². The van der Waals surface area contributed by atoms with Gasteiger partial charge in [-0.3, -0.25) is 0 Å². The molecule has 0 spiro atoms. The van der Waals surface area contributed by atoms with Crippen LogP contribution in [-0.2, 0) is 0 Å². The van der Waals surface area contributed by atoms with Gasteiger partial charge in [0.2, 0.25) is 0 Å². The first-order chi connectivity index (χ1) is 10.2. The van der Waals surface area contributed by atoms with Crippen LogP contribution in [0.2, 0.25) is 0 Å². The second-order valence-electron chi connectivity index (χ2n) is 9.32. The van der Waals surface area contributed by atoms with E-state index in [2.05, 4.69) is 43.6 Å². The number of rotatable bonds is 4.